The number of anilines is 1. The molecule has 0 aliphatic carbocycles. The number of ether oxygens (including phenoxy) is 2. The van der Waals surface area contributed by atoms with Crippen LogP contribution in [-0.2, 0) is 0 Å². The Kier molecular flexibility index (Phi) is 8.49. The molecule has 0 unspecified atom stereocenters. The van der Waals surface area contributed by atoms with E-state index in [1.165, 1.54) is 16.3 Å². The summed E-state index contributed by atoms with van der Waals surface area (Å²) in [6, 6.07) is 15.0. The van der Waals surface area contributed by atoms with Crippen molar-refractivity contribution >= 4 is 34.4 Å². The molecule has 0 fully saturated rings. The molecule has 3 heterocycles. The van der Waals surface area contributed by atoms with Gasteiger partial charge in [0, 0.05) is 17.7 Å². The van der Waals surface area contributed by atoms with E-state index in [4.69, 9.17) is 14.6 Å². The van der Waals surface area contributed by atoms with Gasteiger partial charge in [-0.2, -0.15) is 20.7 Å². The number of rotatable bonds is 9. The van der Waals surface area contributed by atoms with Gasteiger partial charge in [-0.3, -0.25) is 10.2 Å². The molecule has 0 atom stereocenters. The monoisotopic (exact) mass is 584 g/mol. The molecule has 0 saturated heterocycles. The molecule has 1 aliphatic heterocycles. The van der Waals surface area contributed by atoms with Crippen molar-refractivity contribution in [2.24, 2.45) is 10.2 Å². The summed E-state index contributed by atoms with van der Waals surface area (Å²) in [7, 11) is 1.61. The number of thiazole rings is 1. The van der Waals surface area contributed by atoms with Crippen LogP contribution in [0.4, 0.5) is 5.69 Å². The lowest BCUT2D eigenvalue weighted by atomic mass is 10.0. The average molecular weight is 585 g/mol. The van der Waals surface area contributed by atoms with E-state index >= 15 is 0 Å². The zero-order chi connectivity index (χ0) is 29.6. The van der Waals surface area contributed by atoms with Crippen LogP contribution < -0.4 is 14.9 Å². The van der Waals surface area contributed by atoms with E-state index in [1.807, 2.05) is 57.2 Å². The van der Waals surface area contributed by atoms with Gasteiger partial charge in [0.05, 0.1) is 30.3 Å². The standard InChI is InChI=1S/C28H28N10O3S/c1-16(2)41-24-14-19(9-12-23(24)40-4)21-6-5-13-38(35-21)28(39)25-17(3)30-27(42-25)18-7-10-20(11-8-18)31-32-22(15-29)26-33-36-37-34-26/h7-12,14,16,31H,5-6,13H2,1-4H3,(H,33,34,36,37). The molecule has 42 heavy (non-hydrogen) atoms. The number of nitrogens with one attached hydrogen (secondary N) is 2. The summed E-state index contributed by atoms with van der Waals surface area (Å²) in [5.41, 5.74) is 6.65. The Balaban J connectivity index is 1.32. The second kappa shape index (κ2) is 12.6. The smallest absolute Gasteiger partial charge is 0.285 e. The number of nitrogens with zero attached hydrogens (tertiary/aromatic N) is 8. The summed E-state index contributed by atoms with van der Waals surface area (Å²) < 4.78 is 11.4. The number of hydrogen-bond acceptors (Lipinski definition) is 12. The van der Waals surface area contributed by atoms with Crippen LogP contribution in [0, 0.1) is 18.3 Å². The number of hydrogen-bond donors (Lipinski definition) is 2. The van der Waals surface area contributed by atoms with Gasteiger partial charge in [0.15, 0.2) is 11.5 Å². The SMILES string of the molecule is COc1ccc(C2=NN(C(=O)c3sc(-c4ccc(NN=C(C#N)c5nn[nH]n5)cc4)nc3C)CCC2)cc1OC(C)C. The number of nitriles is 1. The third-order valence-electron chi connectivity index (χ3n) is 6.20. The molecule has 13 nitrogen and oxygen atoms in total. The average Bonchev–Trinajstić information content (AvgIpc) is 3.68. The Hall–Kier alpha value is -5.16. The van der Waals surface area contributed by atoms with Crippen molar-refractivity contribution in [3.05, 3.63) is 64.4 Å². The molecule has 0 radical (unpaired) electrons. The molecule has 0 saturated carbocycles. The number of tetrazole rings is 1. The lowest BCUT2D eigenvalue weighted by Gasteiger charge is -2.24. The second-order valence-electron chi connectivity index (χ2n) is 9.54. The Morgan fingerprint density at radius 2 is 1.98 bits per heavy atom. The first kappa shape index (κ1) is 28.4. The maximum absolute atomic E-state index is 13.6. The summed E-state index contributed by atoms with van der Waals surface area (Å²) in [6.45, 7) is 6.27. The second-order valence-corrected chi connectivity index (χ2v) is 10.5. The lowest BCUT2D eigenvalue weighted by molar-refractivity contribution is 0.0755. The molecule has 5 rings (SSSR count). The van der Waals surface area contributed by atoms with Crippen molar-refractivity contribution in [2.75, 3.05) is 19.1 Å². The zero-order valence-corrected chi connectivity index (χ0v) is 24.3. The molecule has 2 aromatic carbocycles. The van der Waals surface area contributed by atoms with E-state index in [1.54, 1.807) is 19.2 Å². The van der Waals surface area contributed by atoms with Crippen LogP contribution in [0.25, 0.3) is 10.6 Å². The molecule has 14 heteroatoms. The number of methoxy groups -OCH3 is 1. The van der Waals surface area contributed by atoms with Crippen molar-refractivity contribution in [2.45, 2.75) is 39.7 Å². The first-order valence-electron chi connectivity index (χ1n) is 13.2. The van der Waals surface area contributed by atoms with Crippen LogP contribution in [-0.4, -0.2) is 67.7 Å². The van der Waals surface area contributed by atoms with Gasteiger partial charge in [0.1, 0.15) is 16.0 Å². The molecule has 0 bridgehead atoms. The molecular weight excluding hydrogens is 556 g/mol. The minimum atomic E-state index is -0.182. The van der Waals surface area contributed by atoms with Crippen LogP contribution in [0.3, 0.4) is 0 Å². The van der Waals surface area contributed by atoms with Crippen molar-refractivity contribution < 1.29 is 14.3 Å². The fourth-order valence-electron chi connectivity index (χ4n) is 4.22. The van der Waals surface area contributed by atoms with Gasteiger partial charge in [-0.05, 0) is 81.3 Å². The number of hydrazone groups is 2. The molecule has 2 N–H and O–H groups in total. The Morgan fingerprint density at radius 3 is 2.67 bits per heavy atom. The van der Waals surface area contributed by atoms with Crippen LogP contribution in [0.15, 0.2) is 52.7 Å². The summed E-state index contributed by atoms with van der Waals surface area (Å²) in [5.74, 6) is 1.20. The van der Waals surface area contributed by atoms with Crippen molar-refractivity contribution in [3.63, 3.8) is 0 Å². The summed E-state index contributed by atoms with van der Waals surface area (Å²) in [4.78, 5) is 18.8. The van der Waals surface area contributed by atoms with E-state index in [2.05, 4.69) is 36.1 Å². The fraction of sp³-hybridized carbons (Fsp3) is 0.286. The van der Waals surface area contributed by atoms with E-state index in [0.29, 0.717) is 39.3 Å². The molecule has 0 spiro atoms. The Bertz CT molecular complexity index is 1670. The van der Waals surface area contributed by atoms with Gasteiger partial charge in [0.25, 0.3) is 5.91 Å². The third-order valence-corrected chi connectivity index (χ3v) is 7.40. The number of benzene rings is 2. The van der Waals surface area contributed by atoms with Crippen LogP contribution in [0.5, 0.6) is 11.5 Å². The zero-order valence-electron chi connectivity index (χ0n) is 23.5. The van der Waals surface area contributed by atoms with Gasteiger partial charge >= 0.3 is 0 Å². The number of aryl methyl sites for hydroxylation is 1. The van der Waals surface area contributed by atoms with Gasteiger partial charge in [-0.25, -0.2) is 9.99 Å². The molecule has 4 aromatic rings. The number of aromatic nitrogens is 5. The minimum absolute atomic E-state index is 0.00798. The van der Waals surface area contributed by atoms with E-state index < -0.39 is 0 Å². The molecule has 1 amide bonds. The van der Waals surface area contributed by atoms with E-state index in [9.17, 15) is 10.1 Å². The number of amides is 1. The predicted octanol–water partition coefficient (Wildman–Crippen LogP) is 4.41. The molecule has 1 aliphatic rings. The van der Waals surface area contributed by atoms with E-state index in [0.717, 1.165) is 29.7 Å². The first-order valence-corrected chi connectivity index (χ1v) is 14.0. The highest BCUT2D eigenvalue weighted by Crippen LogP contribution is 2.32. The summed E-state index contributed by atoms with van der Waals surface area (Å²) in [6.07, 6.45) is 1.53. The summed E-state index contributed by atoms with van der Waals surface area (Å²) >= 11 is 1.33. The minimum Gasteiger partial charge on any atom is -0.493 e. The van der Waals surface area contributed by atoms with Crippen molar-refractivity contribution in [1.29, 1.82) is 5.26 Å². The number of H-pyrrole nitrogens is 1. The third kappa shape index (κ3) is 6.26. The highest BCUT2D eigenvalue weighted by Gasteiger charge is 2.25. The molecule has 2 aromatic heterocycles. The number of carbonyl (C=O) groups excluding carboxylic acids is 1. The fourth-order valence-corrected chi connectivity index (χ4v) is 5.24. The molecular formula is C28H28N10O3S. The van der Waals surface area contributed by atoms with E-state index in [-0.39, 0.29) is 23.5 Å². The van der Waals surface area contributed by atoms with Gasteiger partial charge in [0.2, 0.25) is 11.5 Å². The lowest BCUT2D eigenvalue weighted by Crippen LogP contribution is -2.32. The Labute approximate surface area is 245 Å². The first-order chi connectivity index (χ1) is 20.4. The van der Waals surface area contributed by atoms with Crippen LogP contribution in [0.2, 0.25) is 0 Å². The highest BCUT2D eigenvalue weighted by atomic mass is 32.1. The molecule has 214 valence electrons. The Morgan fingerprint density at radius 1 is 1.19 bits per heavy atom. The number of carbonyl (C=O) groups is 1. The van der Waals surface area contributed by atoms with Crippen molar-refractivity contribution in [3.8, 4) is 28.1 Å². The highest BCUT2D eigenvalue weighted by molar-refractivity contribution is 7.17. The topological polar surface area (TPSA) is 167 Å². The van der Waals surface area contributed by atoms with Crippen molar-refractivity contribution in [1.82, 2.24) is 30.6 Å². The van der Waals surface area contributed by atoms with Crippen LogP contribution >= 0.6 is 11.3 Å². The van der Waals surface area contributed by atoms with Crippen LogP contribution in [0.1, 0.15) is 53.4 Å². The largest absolute Gasteiger partial charge is 0.493 e. The van der Waals surface area contributed by atoms with Gasteiger partial charge < -0.3 is 9.47 Å². The van der Waals surface area contributed by atoms with Gasteiger partial charge in [-0.15, -0.1) is 21.5 Å². The quantitative estimate of drug-likeness (QED) is 0.214. The number of aromatic amines is 1. The normalized spacial score (nSPS) is 13.5. The maximum Gasteiger partial charge on any atom is 0.285 e. The maximum atomic E-state index is 13.6. The predicted molar refractivity (Wildman–Crippen MR) is 158 cm³/mol. The summed E-state index contributed by atoms with van der Waals surface area (Å²) in [5, 5.41) is 33.5. The van der Waals surface area contributed by atoms with Gasteiger partial charge in [-0.1, -0.05) is 0 Å².